The van der Waals surface area contributed by atoms with Crippen LogP contribution in [-0.2, 0) is 0 Å². The zero-order chi connectivity index (χ0) is 14.4. The summed E-state index contributed by atoms with van der Waals surface area (Å²) in [6, 6.07) is 6.44. The van der Waals surface area contributed by atoms with Gasteiger partial charge in [0.2, 0.25) is 0 Å². The molecule has 3 aliphatic rings. The number of aryl methyl sites for hydroxylation is 1. The summed E-state index contributed by atoms with van der Waals surface area (Å²) in [6.45, 7) is 4.41. The molecule has 0 spiro atoms. The van der Waals surface area contributed by atoms with Crippen molar-refractivity contribution >= 4 is 0 Å². The molecule has 2 saturated carbocycles. The van der Waals surface area contributed by atoms with Gasteiger partial charge < -0.3 is 4.90 Å². The first-order valence-electron chi connectivity index (χ1n) is 8.71. The van der Waals surface area contributed by atoms with Crippen molar-refractivity contribution in [3.05, 3.63) is 35.1 Å². The van der Waals surface area contributed by atoms with Crippen molar-refractivity contribution < 1.29 is 4.39 Å². The van der Waals surface area contributed by atoms with Crippen LogP contribution in [0.15, 0.2) is 18.2 Å². The number of halogens is 1. The summed E-state index contributed by atoms with van der Waals surface area (Å²) in [5, 5.41) is 0. The normalized spacial score (nSPS) is 33.7. The van der Waals surface area contributed by atoms with Crippen molar-refractivity contribution in [2.75, 3.05) is 13.1 Å². The summed E-state index contributed by atoms with van der Waals surface area (Å²) in [4.78, 5) is 2.73. The van der Waals surface area contributed by atoms with Gasteiger partial charge in [-0.3, -0.25) is 0 Å². The SMILES string of the molecule is Cc1ccc(F)c(C2CCN(C3C[C@H]4CC[C@H]3C4)CC2)c1. The first-order valence-corrected chi connectivity index (χ1v) is 8.71. The highest BCUT2D eigenvalue weighted by Crippen LogP contribution is 2.47. The Labute approximate surface area is 127 Å². The first kappa shape index (κ1) is 13.8. The van der Waals surface area contributed by atoms with E-state index in [1.54, 1.807) is 6.07 Å². The quantitative estimate of drug-likeness (QED) is 0.774. The second kappa shape index (κ2) is 5.39. The molecule has 1 unspecified atom stereocenters. The molecule has 2 heteroatoms. The van der Waals surface area contributed by atoms with Crippen LogP contribution in [0.3, 0.4) is 0 Å². The lowest BCUT2D eigenvalue weighted by molar-refractivity contribution is 0.110. The van der Waals surface area contributed by atoms with Gasteiger partial charge in [-0.2, -0.15) is 0 Å². The molecule has 3 atom stereocenters. The largest absolute Gasteiger partial charge is 0.300 e. The van der Waals surface area contributed by atoms with Crippen LogP contribution in [0.1, 0.15) is 55.6 Å². The third-order valence-corrected chi connectivity index (χ3v) is 6.29. The van der Waals surface area contributed by atoms with Crippen LogP contribution in [-0.4, -0.2) is 24.0 Å². The first-order chi connectivity index (χ1) is 10.2. The molecule has 2 aliphatic carbocycles. The highest BCUT2D eigenvalue weighted by atomic mass is 19.1. The molecule has 1 heterocycles. The smallest absolute Gasteiger partial charge is 0.126 e. The van der Waals surface area contributed by atoms with Gasteiger partial charge in [0.25, 0.3) is 0 Å². The van der Waals surface area contributed by atoms with Crippen molar-refractivity contribution in [1.82, 2.24) is 4.90 Å². The Hall–Kier alpha value is -0.890. The molecular formula is C19H26FN. The minimum Gasteiger partial charge on any atom is -0.300 e. The minimum atomic E-state index is -0.000951. The molecule has 114 valence electrons. The molecule has 0 aromatic heterocycles. The van der Waals surface area contributed by atoms with Crippen LogP contribution >= 0.6 is 0 Å². The number of likely N-dealkylation sites (tertiary alicyclic amines) is 1. The second-order valence-electron chi connectivity index (χ2n) is 7.58. The third-order valence-electron chi connectivity index (χ3n) is 6.29. The van der Waals surface area contributed by atoms with Crippen LogP contribution in [0.2, 0.25) is 0 Å². The predicted molar refractivity (Wildman–Crippen MR) is 83.9 cm³/mol. The van der Waals surface area contributed by atoms with E-state index in [9.17, 15) is 4.39 Å². The summed E-state index contributed by atoms with van der Waals surface area (Å²) in [7, 11) is 0. The number of rotatable bonds is 2. The minimum absolute atomic E-state index is 0.000951. The Morgan fingerprint density at radius 2 is 1.86 bits per heavy atom. The molecule has 2 bridgehead atoms. The van der Waals surface area contributed by atoms with E-state index in [0.29, 0.717) is 5.92 Å². The van der Waals surface area contributed by atoms with E-state index in [-0.39, 0.29) is 5.82 Å². The van der Waals surface area contributed by atoms with Gasteiger partial charge in [-0.05, 0) is 81.5 Å². The topological polar surface area (TPSA) is 3.24 Å². The third kappa shape index (κ3) is 2.52. The van der Waals surface area contributed by atoms with E-state index in [2.05, 4.69) is 17.9 Å². The second-order valence-corrected chi connectivity index (χ2v) is 7.58. The molecule has 1 nitrogen and oxygen atoms in total. The maximum atomic E-state index is 14.1. The van der Waals surface area contributed by atoms with Crippen LogP contribution in [0.25, 0.3) is 0 Å². The van der Waals surface area contributed by atoms with Crippen molar-refractivity contribution in [2.24, 2.45) is 11.8 Å². The van der Waals surface area contributed by atoms with Crippen molar-refractivity contribution in [3.63, 3.8) is 0 Å². The molecular weight excluding hydrogens is 261 g/mol. The fourth-order valence-electron chi connectivity index (χ4n) is 5.18. The van der Waals surface area contributed by atoms with Crippen LogP contribution < -0.4 is 0 Å². The summed E-state index contributed by atoms with van der Waals surface area (Å²) in [5.74, 6) is 2.42. The van der Waals surface area contributed by atoms with Crippen molar-refractivity contribution in [2.45, 2.75) is 57.4 Å². The molecule has 3 fully saturated rings. The van der Waals surface area contributed by atoms with Gasteiger partial charge in [0.1, 0.15) is 5.82 Å². The maximum absolute atomic E-state index is 14.1. The average Bonchev–Trinajstić information content (AvgIpc) is 3.13. The van der Waals surface area contributed by atoms with Gasteiger partial charge in [0.05, 0.1) is 0 Å². The highest BCUT2D eigenvalue weighted by molar-refractivity contribution is 5.27. The van der Waals surface area contributed by atoms with Crippen molar-refractivity contribution in [3.8, 4) is 0 Å². The standard InChI is InChI=1S/C19H26FN/c1-13-2-5-18(20)17(10-13)15-6-8-21(9-7-15)19-12-14-3-4-16(19)11-14/h2,5,10,14-16,19H,3-4,6-9,11-12H2,1H3/t14-,16-,19?/m0/s1. The monoisotopic (exact) mass is 287 g/mol. The fraction of sp³-hybridized carbons (Fsp3) is 0.684. The molecule has 0 N–H and O–H groups in total. The summed E-state index contributed by atoms with van der Waals surface area (Å²) >= 11 is 0. The van der Waals surface area contributed by atoms with E-state index in [4.69, 9.17) is 0 Å². The number of nitrogens with zero attached hydrogens (tertiary/aromatic N) is 1. The van der Waals surface area contributed by atoms with Crippen LogP contribution in [0.4, 0.5) is 4.39 Å². The molecule has 4 rings (SSSR count). The number of hydrogen-bond donors (Lipinski definition) is 0. The van der Waals surface area contributed by atoms with Gasteiger partial charge in [-0.15, -0.1) is 0 Å². The summed E-state index contributed by atoms with van der Waals surface area (Å²) < 4.78 is 14.1. The van der Waals surface area contributed by atoms with E-state index in [1.807, 2.05) is 6.07 Å². The van der Waals surface area contributed by atoms with Crippen molar-refractivity contribution in [1.29, 1.82) is 0 Å². The predicted octanol–water partition coefficient (Wildman–Crippen LogP) is 4.50. The van der Waals surface area contributed by atoms with Crippen LogP contribution in [0, 0.1) is 24.6 Å². The molecule has 0 radical (unpaired) electrons. The average molecular weight is 287 g/mol. The Morgan fingerprint density at radius 3 is 2.52 bits per heavy atom. The van der Waals surface area contributed by atoms with Gasteiger partial charge >= 0.3 is 0 Å². The van der Waals surface area contributed by atoms with Crippen LogP contribution in [0.5, 0.6) is 0 Å². The van der Waals surface area contributed by atoms with E-state index < -0.39 is 0 Å². The van der Waals surface area contributed by atoms with Gasteiger partial charge in [-0.25, -0.2) is 4.39 Å². The number of fused-ring (bicyclic) bond motifs is 2. The zero-order valence-electron chi connectivity index (χ0n) is 13.0. The zero-order valence-corrected chi connectivity index (χ0v) is 13.0. The molecule has 1 saturated heterocycles. The van der Waals surface area contributed by atoms with E-state index >= 15 is 0 Å². The van der Waals surface area contributed by atoms with Gasteiger partial charge in [0, 0.05) is 6.04 Å². The van der Waals surface area contributed by atoms with Gasteiger partial charge in [0.15, 0.2) is 0 Å². The van der Waals surface area contributed by atoms with E-state index in [1.165, 1.54) is 44.3 Å². The summed E-state index contributed by atoms with van der Waals surface area (Å²) in [6.07, 6.45) is 8.13. The lowest BCUT2D eigenvalue weighted by Gasteiger charge is -2.39. The molecule has 1 aromatic rings. The Morgan fingerprint density at radius 1 is 1.05 bits per heavy atom. The lowest BCUT2D eigenvalue weighted by Crippen LogP contribution is -2.43. The number of hydrogen-bond acceptors (Lipinski definition) is 1. The van der Waals surface area contributed by atoms with E-state index in [0.717, 1.165) is 36.3 Å². The fourth-order valence-corrected chi connectivity index (χ4v) is 5.18. The molecule has 1 aromatic carbocycles. The Bertz CT molecular complexity index is 518. The Kier molecular flexibility index (Phi) is 3.53. The lowest BCUT2D eigenvalue weighted by atomic mass is 9.86. The number of piperidine rings is 1. The highest BCUT2D eigenvalue weighted by Gasteiger charge is 2.42. The maximum Gasteiger partial charge on any atom is 0.126 e. The molecule has 21 heavy (non-hydrogen) atoms. The Balaban J connectivity index is 1.41. The molecule has 0 amide bonds. The number of benzene rings is 1. The summed E-state index contributed by atoms with van der Waals surface area (Å²) in [5.41, 5.74) is 2.14. The molecule has 1 aliphatic heterocycles. The van der Waals surface area contributed by atoms with Gasteiger partial charge in [-0.1, -0.05) is 24.1 Å².